The third-order valence-corrected chi connectivity index (χ3v) is 6.10. The molecule has 0 unspecified atom stereocenters. The number of carbonyl (C=O) groups excluding carboxylic acids is 2. The van der Waals surface area contributed by atoms with Crippen molar-refractivity contribution in [2.45, 2.75) is 69.7 Å². The monoisotopic (exact) mass is 442 g/mol. The van der Waals surface area contributed by atoms with Crippen molar-refractivity contribution < 1.29 is 32.6 Å². The Morgan fingerprint density at radius 1 is 1.17 bits per heavy atom. The van der Waals surface area contributed by atoms with Crippen LogP contribution in [0.4, 0.5) is 4.79 Å². The van der Waals surface area contributed by atoms with Crippen molar-refractivity contribution in [1.29, 1.82) is 0 Å². The Bertz CT molecular complexity index is 862. The molecule has 0 saturated heterocycles. The summed E-state index contributed by atoms with van der Waals surface area (Å²) in [5.74, 6) is -1.56. The normalized spacial score (nSPS) is 24.3. The zero-order chi connectivity index (χ0) is 22.7. The van der Waals surface area contributed by atoms with E-state index >= 15 is 0 Å². The maximum absolute atomic E-state index is 12.8. The maximum Gasteiger partial charge on any atom is 0.407 e. The fraction of sp³-hybridized carbons (Fsp3) is 0.600. The predicted molar refractivity (Wildman–Crippen MR) is 109 cm³/mol. The number of carbonyl (C=O) groups is 2. The molecule has 10 heteroatoms. The molecule has 1 aliphatic rings. The van der Waals surface area contributed by atoms with Crippen LogP contribution in [0, 0.1) is 12.8 Å². The lowest BCUT2D eigenvalue weighted by atomic mass is 10.0. The van der Waals surface area contributed by atoms with Gasteiger partial charge in [-0.1, -0.05) is 17.7 Å². The van der Waals surface area contributed by atoms with Crippen molar-refractivity contribution in [3.8, 4) is 0 Å². The van der Waals surface area contributed by atoms with E-state index in [-0.39, 0.29) is 17.9 Å². The second-order valence-corrected chi connectivity index (χ2v) is 10.0. The highest BCUT2D eigenvalue weighted by Gasteiger charge is 2.49. The molecule has 0 spiro atoms. The molecule has 1 aromatic carbocycles. The van der Waals surface area contributed by atoms with Gasteiger partial charge in [0.25, 0.3) is 0 Å². The number of amides is 1. The number of aryl methyl sites for hydroxylation is 1. The molecule has 3 N–H and O–H groups in total. The van der Waals surface area contributed by atoms with Crippen LogP contribution in [0.2, 0.25) is 0 Å². The van der Waals surface area contributed by atoms with Gasteiger partial charge in [0.15, 0.2) is 0 Å². The van der Waals surface area contributed by atoms with Gasteiger partial charge in [-0.15, -0.1) is 0 Å². The van der Waals surface area contributed by atoms with E-state index in [1.54, 1.807) is 39.8 Å². The van der Waals surface area contributed by atoms with Crippen LogP contribution in [-0.4, -0.2) is 56.0 Å². The SMILES string of the molecule is CCOC(=O)[C@H]1C[C@@H](O)[C@H](NS(=O)(=O)c2ccc(C)cc2)[C@@H]1NC(=O)OC(C)(C)C. The summed E-state index contributed by atoms with van der Waals surface area (Å²) in [5.41, 5.74) is 0.0964. The van der Waals surface area contributed by atoms with E-state index < -0.39 is 51.8 Å². The van der Waals surface area contributed by atoms with Gasteiger partial charge in [0, 0.05) is 0 Å². The number of benzene rings is 1. The van der Waals surface area contributed by atoms with Gasteiger partial charge in [-0.2, -0.15) is 0 Å². The van der Waals surface area contributed by atoms with Crippen LogP contribution in [0.3, 0.4) is 0 Å². The molecule has 4 atom stereocenters. The fourth-order valence-corrected chi connectivity index (χ4v) is 4.58. The van der Waals surface area contributed by atoms with E-state index in [1.165, 1.54) is 12.1 Å². The summed E-state index contributed by atoms with van der Waals surface area (Å²) in [6, 6.07) is 4.00. The lowest BCUT2D eigenvalue weighted by molar-refractivity contribution is -0.148. The third kappa shape index (κ3) is 6.16. The number of aliphatic hydroxyl groups excluding tert-OH is 1. The van der Waals surface area contributed by atoms with E-state index in [0.717, 1.165) is 5.56 Å². The van der Waals surface area contributed by atoms with E-state index in [4.69, 9.17) is 9.47 Å². The summed E-state index contributed by atoms with van der Waals surface area (Å²) in [4.78, 5) is 24.7. The molecule has 1 aromatic rings. The summed E-state index contributed by atoms with van der Waals surface area (Å²) in [5, 5.41) is 13.1. The van der Waals surface area contributed by atoms with Crippen molar-refractivity contribution in [3.63, 3.8) is 0 Å². The first-order chi connectivity index (χ1) is 13.8. The number of ether oxygens (including phenoxy) is 2. The Hall–Kier alpha value is -2.17. The standard InChI is InChI=1S/C20H30N2O7S/c1-6-28-18(24)14-11-15(23)17(16(14)21-19(25)29-20(3,4)5)22-30(26,27)13-9-7-12(2)8-10-13/h7-10,14-17,22-23H,6,11H2,1-5H3,(H,21,25)/t14-,15+,16+,17-/m0/s1. The van der Waals surface area contributed by atoms with Crippen LogP contribution < -0.4 is 10.0 Å². The Labute approximate surface area is 177 Å². The van der Waals surface area contributed by atoms with Gasteiger partial charge in [-0.3, -0.25) is 4.79 Å². The number of nitrogens with one attached hydrogen (secondary N) is 2. The van der Waals surface area contributed by atoms with Gasteiger partial charge in [0.2, 0.25) is 10.0 Å². The zero-order valence-corrected chi connectivity index (χ0v) is 18.7. The molecule has 0 aromatic heterocycles. The Morgan fingerprint density at radius 3 is 2.30 bits per heavy atom. The van der Waals surface area contributed by atoms with Crippen LogP contribution in [0.15, 0.2) is 29.2 Å². The molecule has 1 amide bonds. The van der Waals surface area contributed by atoms with E-state index in [1.807, 2.05) is 6.92 Å². The number of hydrogen-bond acceptors (Lipinski definition) is 7. The minimum absolute atomic E-state index is 0.0101. The maximum atomic E-state index is 12.8. The zero-order valence-electron chi connectivity index (χ0n) is 17.8. The molecule has 0 bridgehead atoms. The summed E-state index contributed by atoms with van der Waals surface area (Å²) < 4.78 is 38.4. The molecular formula is C20H30N2O7S. The topological polar surface area (TPSA) is 131 Å². The molecule has 1 fully saturated rings. The van der Waals surface area contributed by atoms with E-state index in [2.05, 4.69) is 10.0 Å². The predicted octanol–water partition coefficient (Wildman–Crippen LogP) is 1.48. The second kappa shape index (κ2) is 9.32. The van der Waals surface area contributed by atoms with Crippen LogP contribution in [0.25, 0.3) is 0 Å². The Balaban J connectivity index is 2.30. The van der Waals surface area contributed by atoms with Gasteiger partial charge in [0.05, 0.1) is 35.6 Å². The fourth-order valence-electron chi connectivity index (χ4n) is 3.29. The Morgan fingerprint density at radius 2 is 1.77 bits per heavy atom. The number of hydrogen-bond donors (Lipinski definition) is 3. The van der Waals surface area contributed by atoms with Crippen molar-refractivity contribution in [2.24, 2.45) is 5.92 Å². The first-order valence-electron chi connectivity index (χ1n) is 9.77. The average molecular weight is 443 g/mol. The summed E-state index contributed by atoms with van der Waals surface area (Å²) >= 11 is 0. The average Bonchev–Trinajstić information content (AvgIpc) is 2.89. The molecule has 2 rings (SSSR count). The minimum Gasteiger partial charge on any atom is -0.466 e. The van der Waals surface area contributed by atoms with Crippen molar-refractivity contribution in [3.05, 3.63) is 29.8 Å². The number of sulfonamides is 1. The molecule has 1 saturated carbocycles. The largest absolute Gasteiger partial charge is 0.466 e. The van der Waals surface area contributed by atoms with E-state index in [9.17, 15) is 23.1 Å². The smallest absolute Gasteiger partial charge is 0.407 e. The summed E-state index contributed by atoms with van der Waals surface area (Å²) in [7, 11) is -4.01. The summed E-state index contributed by atoms with van der Waals surface area (Å²) in [6.45, 7) is 8.61. The van der Waals surface area contributed by atoms with E-state index in [0.29, 0.717) is 0 Å². The minimum atomic E-state index is -4.01. The molecule has 168 valence electrons. The third-order valence-electron chi connectivity index (χ3n) is 4.63. The highest BCUT2D eigenvalue weighted by Crippen LogP contribution is 2.30. The molecule has 30 heavy (non-hydrogen) atoms. The van der Waals surface area contributed by atoms with Gasteiger partial charge < -0.3 is 19.9 Å². The first-order valence-corrected chi connectivity index (χ1v) is 11.3. The van der Waals surface area contributed by atoms with Crippen LogP contribution in [-0.2, 0) is 24.3 Å². The molecule has 1 aliphatic carbocycles. The van der Waals surface area contributed by atoms with Crippen molar-refractivity contribution in [1.82, 2.24) is 10.0 Å². The number of rotatable bonds is 6. The van der Waals surface area contributed by atoms with Crippen molar-refractivity contribution in [2.75, 3.05) is 6.61 Å². The van der Waals surface area contributed by atoms with Crippen molar-refractivity contribution >= 4 is 22.1 Å². The first kappa shape index (κ1) is 24.1. The highest BCUT2D eigenvalue weighted by molar-refractivity contribution is 7.89. The number of alkyl carbamates (subject to hydrolysis) is 1. The highest BCUT2D eigenvalue weighted by atomic mass is 32.2. The molecule has 0 aliphatic heterocycles. The summed E-state index contributed by atoms with van der Waals surface area (Å²) in [6.07, 6.45) is -2.10. The quantitative estimate of drug-likeness (QED) is 0.569. The van der Waals surface area contributed by atoms with Gasteiger partial charge >= 0.3 is 12.1 Å². The van der Waals surface area contributed by atoms with Gasteiger partial charge in [-0.25, -0.2) is 17.9 Å². The number of esters is 1. The van der Waals surface area contributed by atoms with Gasteiger partial charge in [0.1, 0.15) is 5.60 Å². The van der Waals surface area contributed by atoms with Gasteiger partial charge in [-0.05, 0) is 53.2 Å². The lowest BCUT2D eigenvalue weighted by Gasteiger charge is -2.28. The molecule has 9 nitrogen and oxygen atoms in total. The second-order valence-electron chi connectivity index (χ2n) is 8.29. The van der Waals surface area contributed by atoms with Crippen LogP contribution in [0.5, 0.6) is 0 Å². The van der Waals surface area contributed by atoms with Crippen LogP contribution >= 0.6 is 0 Å². The number of aliphatic hydroxyl groups is 1. The molecular weight excluding hydrogens is 412 g/mol. The molecule has 0 radical (unpaired) electrons. The van der Waals surface area contributed by atoms with Crippen LogP contribution in [0.1, 0.15) is 39.7 Å². The molecule has 0 heterocycles. The Kier molecular flexibility index (Phi) is 7.49. The lowest BCUT2D eigenvalue weighted by Crippen LogP contribution is -2.55.